The number of aliphatic hydroxyl groups excluding tert-OH is 1. The van der Waals surface area contributed by atoms with Gasteiger partial charge in [0.1, 0.15) is 4.34 Å². The summed E-state index contributed by atoms with van der Waals surface area (Å²) in [6.07, 6.45) is 0.920. The minimum Gasteiger partial charge on any atom is -0.394 e. The molecule has 1 rings (SSSR count). The minimum atomic E-state index is -0.196. The number of hydrogen-bond donors (Lipinski definition) is 2. The van der Waals surface area contributed by atoms with Crippen LogP contribution in [0.1, 0.15) is 26.0 Å². The molecule has 3 nitrogen and oxygen atoms in total. The van der Waals surface area contributed by atoms with Crippen molar-refractivity contribution in [3.63, 3.8) is 0 Å². The predicted octanol–water partition coefficient (Wildman–Crippen LogP) is 2.29. The average Bonchev–Trinajstić information content (AvgIpc) is 2.63. The van der Waals surface area contributed by atoms with Crippen molar-refractivity contribution in [1.29, 1.82) is 0 Å². The van der Waals surface area contributed by atoms with Gasteiger partial charge in [-0.25, -0.2) is 4.98 Å². The van der Waals surface area contributed by atoms with Gasteiger partial charge in [-0.1, -0.05) is 18.7 Å². The number of likely N-dealkylation sites (N-methyl/N-ethyl adjacent to an activating group) is 1. The molecule has 2 atom stereocenters. The largest absolute Gasteiger partial charge is 0.394 e. The fourth-order valence-electron chi connectivity index (χ4n) is 1.48. The third-order valence-corrected chi connectivity index (χ3v) is 4.78. The third-order valence-electron chi connectivity index (χ3n) is 2.59. The first-order valence-electron chi connectivity index (χ1n) is 5.37. The molecule has 0 spiro atoms. The Morgan fingerprint density at radius 1 is 1.69 bits per heavy atom. The Morgan fingerprint density at radius 2 is 2.38 bits per heavy atom. The Kier molecular flexibility index (Phi) is 5.24. The molecule has 1 aromatic rings. The molecule has 0 aromatic carbocycles. The first kappa shape index (κ1) is 14.0. The molecule has 1 aromatic heterocycles. The topological polar surface area (TPSA) is 45.1 Å². The maximum Gasteiger partial charge on any atom is 0.150 e. The van der Waals surface area contributed by atoms with Crippen LogP contribution in [-0.2, 0) is 0 Å². The van der Waals surface area contributed by atoms with Crippen molar-refractivity contribution in [1.82, 2.24) is 10.3 Å². The van der Waals surface area contributed by atoms with Gasteiger partial charge in [-0.05, 0) is 27.3 Å². The summed E-state index contributed by atoms with van der Waals surface area (Å²) in [6, 6.07) is 0. The highest BCUT2D eigenvalue weighted by molar-refractivity contribution is 8.01. The van der Waals surface area contributed by atoms with Gasteiger partial charge in [0.05, 0.1) is 6.61 Å². The summed E-state index contributed by atoms with van der Waals surface area (Å²) in [5.41, 5.74) is 0.886. The maximum absolute atomic E-state index is 9.32. The van der Waals surface area contributed by atoms with E-state index in [-0.39, 0.29) is 12.1 Å². The summed E-state index contributed by atoms with van der Waals surface area (Å²) in [7, 11) is 1.89. The van der Waals surface area contributed by atoms with E-state index in [1.807, 2.05) is 20.9 Å². The minimum absolute atomic E-state index is 0.158. The normalized spacial score (nSPS) is 17.1. The highest BCUT2D eigenvalue weighted by Gasteiger charge is 2.24. The second-order valence-corrected chi connectivity index (χ2v) is 6.90. The molecule has 0 bridgehead atoms. The van der Waals surface area contributed by atoms with E-state index in [0.29, 0.717) is 5.25 Å². The monoisotopic (exact) mass is 260 g/mol. The van der Waals surface area contributed by atoms with Crippen molar-refractivity contribution in [3.8, 4) is 0 Å². The van der Waals surface area contributed by atoms with Crippen LogP contribution in [0.2, 0.25) is 0 Å². The number of aromatic nitrogens is 1. The van der Waals surface area contributed by atoms with Gasteiger partial charge in [-0.3, -0.25) is 0 Å². The molecule has 0 radical (unpaired) electrons. The van der Waals surface area contributed by atoms with E-state index in [9.17, 15) is 5.11 Å². The smallest absolute Gasteiger partial charge is 0.150 e. The van der Waals surface area contributed by atoms with Crippen LogP contribution in [0.3, 0.4) is 0 Å². The first-order chi connectivity index (χ1) is 7.49. The summed E-state index contributed by atoms with van der Waals surface area (Å²) in [6.45, 7) is 6.38. The van der Waals surface area contributed by atoms with Crippen LogP contribution in [0.4, 0.5) is 0 Å². The summed E-state index contributed by atoms with van der Waals surface area (Å²) >= 11 is 3.47. The first-order valence-corrected chi connectivity index (χ1v) is 7.13. The van der Waals surface area contributed by atoms with E-state index >= 15 is 0 Å². The lowest BCUT2D eigenvalue weighted by molar-refractivity contribution is 0.174. The quantitative estimate of drug-likeness (QED) is 0.770. The Labute approximate surface area is 106 Å². The molecule has 0 aliphatic heterocycles. The predicted molar refractivity (Wildman–Crippen MR) is 71.3 cm³/mol. The molecule has 0 aliphatic carbocycles. The number of hydrogen-bond acceptors (Lipinski definition) is 5. The molecule has 0 saturated heterocycles. The van der Waals surface area contributed by atoms with Crippen LogP contribution in [0.5, 0.6) is 0 Å². The van der Waals surface area contributed by atoms with Crippen LogP contribution < -0.4 is 5.32 Å². The molecule has 1 heterocycles. The van der Waals surface area contributed by atoms with Crippen LogP contribution >= 0.6 is 23.1 Å². The van der Waals surface area contributed by atoms with Gasteiger partial charge < -0.3 is 10.4 Å². The van der Waals surface area contributed by atoms with E-state index in [0.717, 1.165) is 16.5 Å². The number of nitrogens with one attached hydrogen (secondary N) is 1. The van der Waals surface area contributed by atoms with Gasteiger partial charge in [-0.2, -0.15) is 0 Å². The molecule has 16 heavy (non-hydrogen) atoms. The standard InChI is InChI=1S/C11H20N2OS2/c1-8-6-15-10(13-8)16-9(2)5-11(3,7-14)12-4/h6,9,12,14H,5,7H2,1-4H3. The van der Waals surface area contributed by atoms with Crippen LogP contribution in [0.25, 0.3) is 0 Å². The van der Waals surface area contributed by atoms with Crippen molar-refractivity contribution in [2.24, 2.45) is 0 Å². The zero-order chi connectivity index (χ0) is 12.2. The van der Waals surface area contributed by atoms with E-state index in [1.165, 1.54) is 0 Å². The highest BCUT2D eigenvalue weighted by Crippen LogP contribution is 2.30. The zero-order valence-electron chi connectivity index (χ0n) is 10.3. The molecule has 0 fully saturated rings. The molecule has 0 aliphatic rings. The number of rotatable bonds is 6. The average molecular weight is 260 g/mol. The van der Waals surface area contributed by atoms with Gasteiger partial charge in [0.15, 0.2) is 0 Å². The fraction of sp³-hybridized carbons (Fsp3) is 0.727. The van der Waals surface area contributed by atoms with Crippen molar-refractivity contribution in [2.75, 3.05) is 13.7 Å². The Balaban J connectivity index is 2.50. The Hall–Kier alpha value is -0.100. The Bertz CT molecular complexity index is 324. The number of thiazole rings is 1. The molecule has 5 heteroatoms. The number of aryl methyl sites for hydroxylation is 1. The molecule has 2 N–H and O–H groups in total. The van der Waals surface area contributed by atoms with Crippen LogP contribution in [-0.4, -0.2) is 34.5 Å². The molecule has 0 amide bonds. The molecule has 2 unspecified atom stereocenters. The molecule has 0 saturated carbocycles. The van der Waals surface area contributed by atoms with Gasteiger partial charge in [0.25, 0.3) is 0 Å². The highest BCUT2D eigenvalue weighted by atomic mass is 32.2. The summed E-state index contributed by atoms with van der Waals surface area (Å²) in [4.78, 5) is 4.43. The van der Waals surface area contributed by atoms with E-state index in [1.54, 1.807) is 23.1 Å². The van der Waals surface area contributed by atoms with E-state index in [2.05, 4.69) is 22.6 Å². The van der Waals surface area contributed by atoms with Crippen LogP contribution in [0, 0.1) is 6.92 Å². The zero-order valence-corrected chi connectivity index (χ0v) is 11.9. The molecular formula is C11H20N2OS2. The lowest BCUT2D eigenvalue weighted by Gasteiger charge is -2.29. The van der Waals surface area contributed by atoms with Crippen molar-refractivity contribution in [2.45, 2.75) is 42.3 Å². The number of nitrogens with zero attached hydrogens (tertiary/aromatic N) is 1. The lowest BCUT2D eigenvalue weighted by Crippen LogP contribution is -2.45. The lowest BCUT2D eigenvalue weighted by atomic mass is 9.98. The van der Waals surface area contributed by atoms with Crippen molar-refractivity contribution < 1.29 is 5.11 Å². The van der Waals surface area contributed by atoms with Gasteiger partial charge in [0.2, 0.25) is 0 Å². The van der Waals surface area contributed by atoms with Crippen molar-refractivity contribution in [3.05, 3.63) is 11.1 Å². The Morgan fingerprint density at radius 3 is 2.81 bits per heavy atom. The summed E-state index contributed by atoms with van der Waals surface area (Å²) in [5, 5.41) is 15.0. The van der Waals surface area contributed by atoms with Gasteiger partial charge in [-0.15, -0.1) is 11.3 Å². The second-order valence-electron chi connectivity index (χ2n) is 4.36. The summed E-state index contributed by atoms with van der Waals surface area (Å²) in [5.74, 6) is 0. The van der Waals surface area contributed by atoms with E-state index < -0.39 is 0 Å². The van der Waals surface area contributed by atoms with Crippen LogP contribution in [0.15, 0.2) is 9.72 Å². The van der Waals surface area contributed by atoms with E-state index in [4.69, 9.17) is 0 Å². The van der Waals surface area contributed by atoms with Gasteiger partial charge >= 0.3 is 0 Å². The fourth-order valence-corrected chi connectivity index (χ4v) is 3.85. The maximum atomic E-state index is 9.32. The second kappa shape index (κ2) is 6.00. The van der Waals surface area contributed by atoms with Gasteiger partial charge in [0, 0.05) is 21.9 Å². The third kappa shape index (κ3) is 4.05. The molecule has 92 valence electrons. The number of thioether (sulfide) groups is 1. The number of aliphatic hydroxyl groups is 1. The summed E-state index contributed by atoms with van der Waals surface area (Å²) < 4.78 is 1.11. The molecular weight excluding hydrogens is 240 g/mol. The van der Waals surface area contributed by atoms with Crippen molar-refractivity contribution >= 4 is 23.1 Å². The SMILES string of the molecule is CNC(C)(CO)CC(C)Sc1nc(C)cs1.